The largest absolute Gasteiger partial charge is 0.317 e. The van der Waals surface area contributed by atoms with Crippen molar-refractivity contribution in [2.45, 2.75) is 116 Å². The molecule has 1 aliphatic heterocycles. The Balaban J connectivity index is 2.18. The molecular formula is C20H42N2. The van der Waals surface area contributed by atoms with Crippen LogP contribution in [0, 0.1) is 0 Å². The van der Waals surface area contributed by atoms with Gasteiger partial charge in [-0.3, -0.25) is 0 Å². The van der Waals surface area contributed by atoms with Crippen LogP contribution in [0.5, 0.6) is 0 Å². The summed E-state index contributed by atoms with van der Waals surface area (Å²) < 4.78 is 0. The molecule has 1 aliphatic rings. The maximum Gasteiger partial charge on any atom is 0.00938 e. The highest BCUT2D eigenvalue weighted by atomic mass is 15.0. The van der Waals surface area contributed by atoms with Gasteiger partial charge < -0.3 is 10.6 Å². The molecule has 0 aliphatic carbocycles. The number of hydrogen-bond acceptors (Lipinski definition) is 2. The summed E-state index contributed by atoms with van der Waals surface area (Å²) in [6.45, 7) is 7.02. The molecule has 0 spiro atoms. The second-order valence-electron chi connectivity index (χ2n) is 7.29. The van der Waals surface area contributed by atoms with E-state index in [-0.39, 0.29) is 0 Å². The summed E-state index contributed by atoms with van der Waals surface area (Å²) in [4.78, 5) is 0. The van der Waals surface area contributed by atoms with Gasteiger partial charge in [0.25, 0.3) is 0 Å². The number of hydrogen-bond donors (Lipinski definition) is 2. The maximum atomic E-state index is 4.00. The Hall–Kier alpha value is -0.0800. The molecule has 0 aromatic rings. The molecule has 0 atom stereocenters. The van der Waals surface area contributed by atoms with Crippen LogP contribution in [-0.2, 0) is 0 Å². The summed E-state index contributed by atoms with van der Waals surface area (Å²) in [5.74, 6) is 0. The van der Waals surface area contributed by atoms with Gasteiger partial charge in [-0.05, 0) is 38.8 Å². The van der Waals surface area contributed by atoms with E-state index in [4.69, 9.17) is 0 Å². The molecular weight excluding hydrogens is 268 g/mol. The van der Waals surface area contributed by atoms with Gasteiger partial charge >= 0.3 is 0 Å². The fourth-order valence-corrected chi connectivity index (χ4v) is 3.62. The molecule has 1 heterocycles. The summed E-state index contributed by atoms with van der Waals surface area (Å²) in [6.07, 6.45) is 19.6. The molecule has 2 nitrogen and oxygen atoms in total. The van der Waals surface area contributed by atoms with Gasteiger partial charge in [-0.15, -0.1) is 0 Å². The quantitative estimate of drug-likeness (QED) is 0.419. The first-order chi connectivity index (χ1) is 10.9. The highest BCUT2D eigenvalue weighted by molar-refractivity contribution is 4.79. The van der Waals surface area contributed by atoms with Crippen LogP contribution in [0.15, 0.2) is 0 Å². The third kappa shape index (κ3) is 10.6. The topological polar surface area (TPSA) is 24.1 Å². The Bertz CT molecular complexity index is 210. The lowest BCUT2D eigenvalue weighted by Crippen LogP contribution is -2.44. The Kier molecular flexibility index (Phi) is 13.2. The summed E-state index contributed by atoms with van der Waals surface area (Å²) in [5.41, 5.74) is 0. The van der Waals surface area contributed by atoms with E-state index in [1.54, 1.807) is 0 Å². The van der Waals surface area contributed by atoms with E-state index >= 15 is 0 Å². The second-order valence-corrected chi connectivity index (χ2v) is 7.29. The predicted molar refractivity (Wildman–Crippen MR) is 99.6 cm³/mol. The van der Waals surface area contributed by atoms with Gasteiger partial charge in [-0.1, -0.05) is 78.1 Å². The molecule has 0 aromatic carbocycles. The van der Waals surface area contributed by atoms with Crippen LogP contribution >= 0.6 is 0 Å². The van der Waals surface area contributed by atoms with Gasteiger partial charge in [0.05, 0.1) is 0 Å². The van der Waals surface area contributed by atoms with E-state index in [1.165, 1.54) is 103 Å². The fourth-order valence-electron chi connectivity index (χ4n) is 3.62. The van der Waals surface area contributed by atoms with Crippen LogP contribution in [0.25, 0.3) is 0 Å². The van der Waals surface area contributed by atoms with Crippen LogP contribution in [0.1, 0.15) is 104 Å². The lowest BCUT2D eigenvalue weighted by molar-refractivity contribution is 0.317. The fraction of sp³-hybridized carbons (Fsp3) is 1.00. The highest BCUT2D eigenvalue weighted by Crippen LogP contribution is 2.15. The van der Waals surface area contributed by atoms with Crippen molar-refractivity contribution in [3.63, 3.8) is 0 Å². The van der Waals surface area contributed by atoms with E-state index < -0.39 is 0 Å². The van der Waals surface area contributed by atoms with Crippen LogP contribution in [0.4, 0.5) is 0 Å². The molecule has 0 saturated carbocycles. The first-order valence-corrected chi connectivity index (χ1v) is 10.3. The van der Waals surface area contributed by atoms with Crippen molar-refractivity contribution in [2.24, 2.45) is 0 Å². The molecule has 1 fully saturated rings. The molecule has 132 valence electrons. The van der Waals surface area contributed by atoms with Gasteiger partial charge in [0.2, 0.25) is 0 Å². The first-order valence-electron chi connectivity index (χ1n) is 10.3. The second kappa shape index (κ2) is 14.5. The van der Waals surface area contributed by atoms with Crippen LogP contribution in [0.3, 0.4) is 0 Å². The zero-order valence-electron chi connectivity index (χ0n) is 15.5. The average Bonchev–Trinajstić information content (AvgIpc) is 2.55. The van der Waals surface area contributed by atoms with E-state index in [9.17, 15) is 0 Å². The predicted octanol–water partition coefficient (Wildman–Crippen LogP) is 5.42. The summed E-state index contributed by atoms with van der Waals surface area (Å²) in [6, 6.07) is 1.56. The molecule has 0 unspecified atom stereocenters. The zero-order chi connectivity index (χ0) is 15.9. The Morgan fingerprint density at radius 3 is 1.77 bits per heavy atom. The molecule has 0 amide bonds. The molecule has 1 saturated heterocycles. The molecule has 2 N–H and O–H groups in total. The summed E-state index contributed by atoms with van der Waals surface area (Å²) in [5, 5.41) is 7.48. The van der Waals surface area contributed by atoms with Crippen molar-refractivity contribution in [3.8, 4) is 0 Å². The average molecular weight is 311 g/mol. The van der Waals surface area contributed by atoms with Gasteiger partial charge in [0.1, 0.15) is 0 Å². The summed E-state index contributed by atoms with van der Waals surface area (Å²) >= 11 is 0. The minimum Gasteiger partial charge on any atom is -0.317 e. The normalized spacial score (nSPS) is 16.5. The molecule has 1 rings (SSSR count). The lowest BCUT2D eigenvalue weighted by Gasteiger charge is -2.29. The van der Waals surface area contributed by atoms with E-state index in [1.807, 2.05) is 0 Å². The molecule has 0 bridgehead atoms. The minimum absolute atomic E-state index is 0.775. The third-order valence-corrected chi connectivity index (χ3v) is 5.12. The first kappa shape index (κ1) is 20.0. The van der Waals surface area contributed by atoms with Gasteiger partial charge in [-0.2, -0.15) is 0 Å². The number of rotatable bonds is 14. The monoisotopic (exact) mass is 310 g/mol. The molecule has 2 heteroatoms. The van der Waals surface area contributed by atoms with Gasteiger partial charge in [0, 0.05) is 12.1 Å². The van der Waals surface area contributed by atoms with Crippen molar-refractivity contribution >= 4 is 0 Å². The SMILES string of the molecule is CCCCCCCC(CCCCCCC)NC1CCNCC1. The van der Waals surface area contributed by atoms with Crippen LogP contribution < -0.4 is 10.6 Å². The molecule has 0 aromatic heterocycles. The number of unbranched alkanes of at least 4 members (excludes halogenated alkanes) is 8. The van der Waals surface area contributed by atoms with E-state index in [0.717, 1.165) is 12.1 Å². The van der Waals surface area contributed by atoms with Crippen molar-refractivity contribution in [1.82, 2.24) is 10.6 Å². The number of piperidine rings is 1. The lowest BCUT2D eigenvalue weighted by atomic mass is 9.98. The van der Waals surface area contributed by atoms with Gasteiger partial charge in [-0.25, -0.2) is 0 Å². The minimum atomic E-state index is 0.775. The van der Waals surface area contributed by atoms with E-state index in [2.05, 4.69) is 24.5 Å². The van der Waals surface area contributed by atoms with Crippen LogP contribution in [-0.4, -0.2) is 25.2 Å². The van der Waals surface area contributed by atoms with Crippen LogP contribution in [0.2, 0.25) is 0 Å². The Labute approximate surface area is 140 Å². The summed E-state index contributed by atoms with van der Waals surface area (Å²) in [7, 11) is 0. The van der Waals surface area contributed by atoms with Crippen molar-refractivity contribution in [3.05, 3.63) is 0 Å². The van der Waals surface area contributed by atoms with Crippen molar-refractivity contribution < 1.29 is 0 Å². The highest BCUT2D eigenvalue weighted by Gasteiger charge is 2.17. The van der Waals surface area contributed by atoms with Gasteiger partial charge in [0.15, 0.2) is 0 Å². The van der Waals surface area contributed by atoms with Crippen molar-refractivity contribution in [1.29, 1.82) is 0 Å². The standard InChI is InChI=1S/C20H42N2/c1-3-5-7-9-11-13-19(14-12-10-8-6-4-2)22-20-15-17-21-18-16-20/h19-22H,3-18H2,1-2H3. The Morgan fingerprint density at radius 1 is 0.773 bits per heavy atom. The zero-order valence-corrected chi connectivity index (χ0v) is 15.5. The van der Waals surface area contributed by atoms with E-state index in [0.29, 0.717) is 0 Å². The smallest absolute Gasteiger partial charge is 0.00938 e. The Morgan fingerprint density at radius 2 is 1.27 bits per heavy atom. The third-order valence-electron chi connectivity index (χ3n) is 5.12. The van der Waals surface area contributed by atoms with Crippen molar-refractivity contribution in [2.75, 3.05) is 13.1 Å². The number of nitrogens with one attached hydrogen (secondary N) is 2. The maximum absolute atomic E-state index is 4.00. The molecule has 22 heavy (non-hydrogen) atoms. The molecule has 0 radical (unpaired) electrons.